The van der Waals surface area contributed by atoms with Crippen LogP contribution in [0.3, 0.4) is 0 Å². The van der Waals surface area contributed by atoms with E-state index in [0.717, 1.165) is 6.42 Å². The molecule has 1 aliphatic carbocycles. The average Bonchev–Trinajstić information content (AvgIpc) is 2.95. The van der Waals surface area contributed by atoms with Gasteiger partial charge in [-0.1, -0.05) is 51.9 Å². The predicted octanol–water partition coefficient (Wildman–Crippen LogP) is 2.74. The molecule has 0 aromatic carbocycles. The van der Waals surface area contributed by atoms with Crippen molar-refractivity contribution in [2.75, 3.05) is 0 Å². The van der Waals surface area contributed by atoms with Gasteiger partial charge >= 0.3 is 25.4 Å². The molecule has 0 radical (unpaired) electrons. The van der Waals surface area contributed by atoms with Crippen molar-refractivity contribution < 1.29 is 28.2 Å². The van der Waals surface area contributed by atoms with E-state index in [1.54, 1.807) is 0 Å². The molecular formula is C19H36BLiO2. The summed E-state index contributed by atoms with van der Waals surface area (Å²) in [5.41, 5.74) is 0. The van der Waals surface area contributed by atoms with Crippen molar-refractivity contribution in [1.29, 1.82) is 0 Å². The minimum Gasteiger partial charge on any atom is -0.556 e. The first-order valence-corrected chi connectivity index (χ1v) is 9.50. The van der Waals surface area contributed by atoms with Crippen LogP contribution < -0.4 is 18.9 Å². The van der Waals surface area contributed by atoms with E-state index in [4.69, 9.17) is 9.31 Å². The van der Waals surface area contributed by atoms with Crippen molar-refractivity contribution >= 4 is 6.55 Å². The summed E-state index contributed by atoms with van der Waals surface area (Å²) in [6.07, 6.45) is 11.3. The van der Waals surface area contributed by atoms with E-state index in [0.29, 0.717) is 5.82 Å². The van der Waals surface area contributed by atoms with E-state index in [-0.39, 0.29) is 31.1 Å². The molecule has 0 bridgehead atoms. The van der Waals surface area contributed by atoms with Crippen molar-refractivity contribution in [1.82, 2.24) is 0 Å². The van der Waals surface area contributed by atoms with Gasteiger partial charge < -0.3 is 9.31 Å². The Hall–Kier alpha value is 0.142. The van der Waals surface area contributed by atoms with Gasteiger partial charge in [0.05, 0.1) is 0 Å². The molecule has 4 heteroatoms. The zero-order chi connectivity index (χ0) is 16.4. The van der Waals surface area contributed by atoms with Crippen LogP contribution in [0, 0.1) is 11.7 Å². The van der Waals surface area contributed by atoms with Crippen LogP contribution >= 0.6 is 0 Å². The van der Waals surface area contributed by atoms with Crippen molar-refractivity contribution in [3.05, 3.63) is 0 Å². The Balaban J connectivity index is 0.00000484. The second-order valence-electron chi connectivity index (χ2n) is 7.32. The van der Waals surface area contributed by atoms with Gasteiger partial charge in [0.2, 0.25) is 0 Å². The topological polar surface area (TPSA) is 18.5 Å². The number of rotatable bonds is 9. The van der Waals surface area contributed by atoms with Crippen LogP contribution in [-0.2, 0) is 9.31 Å². The first kappa shape index (κ1) is 23.1. The summed E-state index contributed by atoms with van der Waals surface area (Å²) >= 11 is 0. The molecule has 128 valence electrons. The van der Waals surface area contributed by atoms with Gasteiger partial charge in [0.1, 0.15) is 0 Å². The van der Waals surface area contributed by atoms with Crippen molar-refractivity contribution in [3.63, 3.8) is 0 Å². The smallest absolute Gasteiger partial charge is 0.556 e. The summed E-state index contributed by atoms with van der Waals surface area (Å²) in [4.78, 5) is 0. The minimum absolute atomic E-state index is 0. The van der Waals surface area contributed by atoms with Gasteiger partial charge in [0, 0.05) is 18.6 Å². The van der Waals surface area contributed by atoms with Gasteiger partial charge in [0.15, 0.2) is 0 Å². The molecule has 0 N–H and O–H groups in total. The van der Waals surface area contributed by atoms with E-state index >= 15 is 0 Å². The van der Waals surface area contributed by atoms with Gasteiger partial charge in [-0.15, -0.1) is 11.7 Å². The molecule has 0 aliphatic heterocycles. The maximum atomic E-state index is 6.33. The third kappa shape index (κ3) is 8.70. The van der Waals surface area contributed by atoms with Gasteiger partial charge in [-0.05, 0) is 34.1 Å². The molecule has 1 saturated carbocycles. The first-order valence-electron chi connectivity index (χ1n) is 9.50. The molecule has 23 heavy (non-hydrogen) atoms. The zero-order valence-corrected chi connectivity index (χ0v) is 16.5. The molecule has 1 aliphatic rings. The molecule has 0 saturated heterocycles. The number of hydrogen-bond donors (Lipinski definition) is 0. The number of unbranched alkanes of at least 4 members (excludes halogenated alkanes) is 4. The fourth-order valence-electron chi connectivity index (χ4n) is 3.50. The summed E-state index contributed by atoms with van der Waals surface area (Å²) in [7, 11) is 0. The van der Waals surface area contributed by atoms with E-state index in [9.17, 15) is 0 Å². The van der Waals surface area contributed by atoms with Crippen LogP contribution in [0.1, 0.15) is 92.4 Å². The fraction of sp³-hybridized carbons (Fsp3) is 0.895. The minimum atomic E-state index is -1.47. The fourth-order valence-corrected chi connectivity index (χ4v) is 3.50. The van der Waals surface area contributed by atoms with Gasteiger partial charge in [-0.3, -0.25) is 0 Å². The Morgan fingerprint density at radius 3 is 2.00 bits per heavy atom. The van der Waals surface area contributed by atoms with Gasteiger partial charge in [0.25, 0.3) is 0 Å². The third-order valence-corrected chi connectivity index (χ3v) is 4.43. The van der Waals surface area contributed by atoms with Crippen molar-refractivity contribution in [2.45, 2.75) is 110 Å². The van der Waals surface area contributed by atoms with Crippen molar-refractivity contribution in [3.8, 4) is 11.7 Å². The molecule has 0 heterocycles. The normalized spacial score (nSPS) is 15.6. The summed E-state index contributed by atoms with van der Waals surface area (Å²) < 4.78 is 12.7. The molecule has 0 aromatic heterocycles. The van der Waals surface area contributed by atoms with E-state index in [1.807, 2.05) is 0 Å². The largest absolute Gasteiger partial charge is 1.00 e. The first-order chi connectivity index (χ1) is 10.5. The van der Waals surface area contributed by atoms with E-state index in [2.05, 4.69) is 46.4 Å². The summed E-state index contributed by atoms with van der Waals surface area (Å²) in [6.45, 7) is 9.16. The maximum absolute atomic E-state index is 6.33. The quantitative estimate of drug-likeness (QED) is 0.370. The molecule has 0 aromatic rings. The summed E-state index contributed by atoms with van der Waals surface area (Å²) in [5, 5.41) is 0. The van der Waals surface area contributed by atoms with Gasteiger partial charge in [-0.25, -0.2) is 5.82 Å². The third-order valence-electron chi connectivity index (χ3n) is 4.43. The van der Waals surface area contributed by atoms with Crippen LogP contribution in [0.4, 0.5) is 0 Å². The Bertz CT molecular complexity index is 344. The molecular weight excluding hydrogens is 278 g/mol. The predicted molar refractivity (Wildman–Crippen MR) is 96.9 cm³/mol. The van der Waals surface area contributed by atoms with E-state index < -0.39 is 6.55 Å². The zero-order valence-electron chi connectivity index (χ0n) is 16.5. The number of hydrogen-bond acceptors (Lipinski definition) is 2. The standard InChI is InChI=1S/C19H36BO2.Li/c1-6-7-8-9-10-13-16-20(21-17(2)3,22-18(4)5)19-14-11-12-15-19;/h17-19H,6-12,14-15H2,1-5H3;/q-1;+1. The van der Waals surface area contributed by atoms with Gasteiger partial charge in [-0.2, -0.15) is 0 Å². The van der Waals surface area contributed by atoms with Crippen LogP contribution in [-0.4, -0.2) is 18.8 Å². The molecule has 1 fully saturated rings. The molecule has 0 amide bonds. The Morgan fingerprint density at radius 1 is 0.957 bits per heavy atom. The molecule has 1 rings (SSSR count). The molecule has 0 spiro atoms. The monoisotopic (exact) mass is 314 g/mol. The maximum Gasteiger partial charge on any atom is 1.00 e. The Morgan fingerprint density at radius 2 is 1.52 bits per heavy atom. The van der Waals surface area contributed by atoms with Crippen molar-refractivity contribution in [2.24, 2.45) is 0 Å². The summed E-state index contributed by atoms with van der Waals surface area (Å²) in [5.74, 6) is 7.36. The Kier molecular flexibility index (Phi) is 12.6. The second-order valence-corrected chi connectivity index (χ2v) is 7.32. The SMILES string of the molecule is CCCCCCC#C[B-](OC(C)C)(OC(C)C)C1CCCC1.[Li+]. The van der Waals surface area contributed by atoms with Crippen LogP contribution in [0.15, 0.2) is 0 Å². The molecule has 0 unspecified atom stereocenters. The average molecular weight is 314 g/mol. The van der Waals surface area contributed by atoms with E-state index in [1.165, 1.54) is 51.4 Å². The Labute approximate surface area is 157 Å². The molecule has 0 atom stereocenters. The second kappa shape index (κ2) is 12.5. The summed E-state index contributed by atoms with van der Waals surface area (Å²) in [6, 6.07) is 0. The molecule has 2 nitrogen and oxygen atoms in total. The van der Waals surface area contributed by atoms with Crippen LogP contribution in [0.25, 0.3) is 0 Å². The van der Waals surface area contributed by atoms with Crippen LogP contribution in [0.5, 0.6) is 0 Å². The van der Waals surface area contributed by atoms with Crippen LogP contribution in [0.2, 0.25) is 5.82 Å².